The molecule has 0 aliphatic carbocycles. The second kappa shape index (κ2) is 11.2. The summed E-state index contributed by atoms with van der Waals surface area (Å²) in [6.07, 6.45) is 0.540. The highest BCUT2D eigenvalue weighted by Crippen LogP contribution is 2.26. The van der Waals surface area contributed by atoms with Gasteiger partial charge in [-0.15, -0.1) is 0 Å². The second-order valence-corrected chi connectivity index (χ2v) is 9.49. The molecule has 170 valence electrons. The summed E-state index contributed by atoms with van der Waals surface area (Å²) < 4.78 is 39.6. The molecule has 0 saturated carbocycles. The highest BCUT2D eigenvalue weighted by atomic mass is 32.2. The van der Waals surface area contributed by atoms with Crippen molar-refractivity contribution in [2.24, 2.45) is 0 Å². The van der Waals surface area contributed by atoms with Crippen molar-refractivity contribution in [1.82, 2.24) is 0 Å². The summed E-state index contributed by atoms with van der Waals surface area (Å²) in [4.78, 5) is 12.3. The molecule has 0 saturated heterocycles. The zero-order valence-corrected chi connectivity index (χ0v) is 19.6. The quantitative estimate of drug-likeness (QED) is 0.386. The maximum absolute atomic E-state index is 13.2. The zero-order chi connectivity index (χ0) is 23.0. The largest absolute Gasteiger partial charge is 0.459 e. The van der Waals surface area contributed by atoms with E-state index < -0.39 is 16.0 Å². The Morgan fingerprint density at radius 2 is 1.68 bits per heavy atom. The third-order valence-corrected chi connectivity index (χ3v) is 5.66. The molecule has 0 radical (unpaired) electrons. The summed E-state index contributed by atoms with van der Waals surface area (Å²) >= 11 is 0. The molecule has 8 heteroatoms. The van der Waals surface area contributed by atoms with E-state index in [1.165, 1.54) is 6.07 Å². The van der Waals surface area contributed by atoms with Crippen LogP contribution in [-0.4, -0.2) is 39.7 Å². The van der Waals surface area contributed by atoms with Gasteiger partial charge in [-0.3, -0.25) is 4.72 Å². The van der Waals surface area contributed by atoms with E-state index in [9.17, 15) is 13.2 Å². The molecule has 0 spiro atoms. The summed E-state index contributed by atoms with van der Waals surface area (Å²) in [5.41, 5.74) is 2.04. The van der Waals surface area contributed by atoms with Gasteiger partial charge in [0.25, 0.3) is 10.0 Å². The molecule has 2 rings (SSSR count). The molecule has 0 aliphatic heterocycles. The Morgan fingerprint density at radius 3 is 2.29 bits per heavy atom. The standard InChI is InChI=1S/C23H32N2O5S/c1-16(2)29-14-6-13-24-21-12-9-19(23(26)30-17(3)4)15-22(21)31(27,28)25-20-10-7-18(5)8-11-20/h7-12,15-17,24-25H,6,13-14H2,1-5H3. The van der Waals surface area contributed by atoms with Gasteiger partial charge in [-0.1, -0.05) is 17.7 Å². The van der Waals surface area contributed by atoms with Crippen molar-refractivity contribution < 1.29 is 22.7 Å². The number of sulfonamides is 1. The van der Waals surface area contributed by atoms with Crippen LogP contribution in [0.5, 0.6) is 0 Å². The molecule has 0 aromatic heterocycles. The van der Waals surface area contributed by atoms with Crippen LogP contribution >= 0.6 is 0 Å². The van der Waals surface area contributed by atoms with Crippen LogP contribution in [0, 0.1) is 6.92 Å². The van der Waals surface area contributed by atoms with E-state index in [2.05, 4.69) is 10.0 Å². The molecule has 2 aromatic rings. The lowest BCUT2D eigenvalue weighted by atomic mass is 10.2. The predicted octanol–water partition coefficient (Wildman–Crippen LogP) is 4.59. The average molecular weight is 449 g/mol. The highest BCUT2D eigenvalue weighted by molar-refractivity contribution is 7.92. The number of esters is 1. The van der Waals surface area contributed by atoms with Gasteiger partial charge in [0, 0.05) is 18.8 Å². The third kappa shape index (κ3) is 7.88. The Morgan fingerprint density at radius 1 is 1.00 bits per heavy atom. The van der Waals surface area contributed by atoms with E-state index in [1.54, 1.807) is 38.1 Å². The Kier molecular flexibility index (Phi) is 8.88. The van der Waals surface area contributed by atoms with Crippen LogP contribution in [0.3, 0.4) is 0 Å². The van der Waals surface area contributed by atoms with Crippen molar-refractivity contribution in [3.63, 3.8) is 0 Å². The first-order valence-electron chi connectivity index (χ1n) is 10.4. The fourth-order valence-corrected chi connectivity index (χ4v) is 4.01. The zero-order valence-electron chi connectivity index (χ0n) is 18.8. The number of carbonyl (C=O) groups is 1. The van der Waals surface area contributed by atoms with E-state index in [-0.39, 0.29) is 22.7 Å². The predicted molar refractivity (Wildman–Crippen MR) is 123 cm³/mol. The molecule has 31 heavy (non-hydrogen) atoms. The number of hydrogen-bond donors (Lipinski definition) is 2. The van der Waals surface area contributed by atoms with E-state index in [0.29, 0.717) is 30.9 Å². The van der Waals surface area contributed by atoms with Crippen LogP contribution in [0.25, 0.3) is 0 Å². The monoisotopic (exact) mass is 448 g/mol. The van der Waals surface area contributed by atoms with Crippen LogP contribution in [0.15, 0.2) is 47.4 Å². The van der Waals surface area contributed by atoms with Crippen molar-refractivity contribution in [3.8, 4) is 0 Å². The Balaban J connectivity index is 2.29. The molecular weight excluding hydrogens is 416 g/mol. The lowest BCUT2D eigenvalue weighted by Crippen LogP contribution is -2.18. The van der Waals surface area contributed by atoms with Crippen LogP contribution in [0.4, 0.5) is 11.4 Å². The molecule has 0 bridgehead atoms. The van der Waals surface area contributed by atoms with Gasteiger partial charge in [0.2, 0.25) is 0 Å². The maximum Gasteiger partial charge on any atom is 0.338 e. The lowest BCUT2D eigenvalue weighted by Gasteiger charge is -2.16. The van der Waals surface area contributed by atoms with E-state index >= 15 is 0 Å². The number of hydrogen-bond acceptors (Lipinski definition) is 6. The minimum Gasteiger partial charge on any atom is -0.459 e. The summed E-state index contributed by atoms with van der Waals surface area (Å²) in [6.45, 7) is 10.4. The number of benzene rings is 2. The van der Waals surface area contributed by atoms with Gasteiger partial charge in [-0.05, 0) is 71.4 Å². The Labute approximate surface area is 185 Å². The minimum atomic E-state index is -3.95. The number of carbonyl (C=O) groups excluding carboxylic acids is 1. The van der Waals surface area contributed by atoms with Crippen LogP contribution in [-0.2, 0) is 19.5 Å². The molecule has 0 heterocycles. The molecular formula is C23H32N2O5S. The number of nitrogens with one attached hydrogen (secondary N) is 2. The number of ether oxygens (including phenoxy) is 2. The summed E-state index contributed by atoms with van der Waals surface area (Å²) in [5.74, 6) is -0.571. The fourth-order valence-electron chi connectivity index (χ4n) is 2.75. The average Bonchev–Trinajstić information content (AvgIpc) is 2.68. The second-order valence-electron chi connectivity index (χ2n) is 7.84. The van der Waals surface area contributed by atoms with E-state index in [0.717, 1.165) is 5.56 Å². The Bertz CT molecular complexity index is 970. The molecule has 0 aliphatic rings. The minimum absolute atomic E-state index is 0.0175. The first-order valence-corrected chi connectivity index (χ1v) is 11.9. The first kappa shape index (κ1) is 24.7. The van der Waals surface area contributed by atoms with Gasteiger partial charge >= 0.3 is 5.97 Å². The number of aryl methyl sites for hydroxylation is 1. The fraction of sp³-hybridized carbons (Fsp3) is 0.435. The molecule has 7 nitrogen and oxygen atoms in total. The molecule has 0 unspecified atom stereocenters. The van der Waals surface area contributed by atoms with Crippen molar-refractivity contribution in [1.29, 1.82) is 0 Å². The lowest BCUT2D eigenvalue weighted by molar-refractivity contribution is 0.0377. The molecule has 2 aromatic carbocycles. The van der Waals surface area contributed by atoms with Crippen molar-refractivity contribution >= 4 is 27.4 Å². The van der Waals surface area contributed by atoms with Gasteiger partial charge in [-0.25, -0.2) is 13.2 Å². The third-order valence-electron chi connectivity index (χ3n) is 4.24. The SMILES string of the molecule is Cc1ccc(NS(=O)(=O)c2cc(C(=O)OC(C)C)ccc2NCCCOC(C)C)cc1. The van der Waals surface area contributed by atoms with E-state index in [4.69, 9.17) is 9.47 Å². The van der Waals surface area contributed by atoms with Gasteiger partial charge in [0.1, 0.15) is 4.90 Å². The summed E-state index contributed by atoms with van der Waals surface area (Å²) in [7, 11) is -3.95. The first-order chi connectivity index (χ1) is 14.6. The van der Waals surface area contributed by atoms with Crippen LogP contribution in [0.2, 0.25) is 0 Å². The summed E-state index contributed by atoms with van der Waals surface area (Å²) in [6, 6.07) is 11.5. The smallest absolute Gasteiger partial charge is 0.338 e. The van der Waals surface area contributed by atoms with Crippen molar-refractivity contribution in [2.45, 2.75) is 58.1 Å². The highest BCUT2D eigenvalue weighted by Gasteiger charge is 2.22. The normalized spacial score (nSPS) is 11.6. The van der Waals surface area contributed by atoms with Crippen molar-refractivity contribution in [2.75, 3.05) is 23.2 Å². The van der Waals surface area contributed by atoms with E-state index in [1.807, 2.05) is 32.9 Å². The number of rotatable bonds is 11. The van der Waals surface area contributed by atoms with Gasteiger partial charge in [-0.2, -0.15) is 0 Å². The van der Waals surface area contributed by atoms with Crippen molar-refractivity contribution in [3.05, 3.63) is 53.6 Å². The number of anilines is 2. The van der Waals surface area contributed by atoms with Gasteiger partial charge in [0.15, 0.2) is 0 Å². The molecule has 0 fully saturated rings. The Hall–Kier alpha value is -2.58. The summed E-state index contributed by atoms with van der Waals surface area (Å²) in [5, 5.41) is 3.14. The van der Waals surface area contributed by atoms with Gasteiger partial charge in [0.05, 0.1) is 23.5 Å². The molecule has 0 amide bonds. The molecule has 2 N–H and O–H groups in total. The van der Waals surface area contributed by atoms with Crippen LogP contribution < -0.4 is 10.0 Å². The van der Waals surface area contributed by atoms with Crippen LogP contribution in [0.1, 0.15) is 50.0 Å². The van der Waals surface area contributed by atoms with Gasteiger partial charge < -0.3 is 14.8 Å². The molecule has 0 atom stereocenters. The maximum atomic E-state index is 13.2. The topological polar surface area (TPSA) is 93.7 Å².